The maximum Gasteiger partial charge on any atom is 0.348 e. The Morgan fingerprint density at radius 3 is 2.65 bits per heavy atom. The van der Waals surface area contributed by atoms with Crippen LogP contribution in [0.25, 0.3) is 0 Å². The summed E-state index contributed by atoms with van der Waals surface area (Å²) in [5.74, 6) is -0.0134. The second-order valence-electron chi connectivity index (χ2n) is 5.98. The highest BCUT2D eigenvalue weighted by Crippen LogP contribution is 2.20. The normalized spacial score (nSPS) is 12.2. The Kier molecular flexibility index (Phi) is 5.26. The lowest BCUT2D eigenvalue weighted by molar-refractivity contribution is -0.122. The number of nitrogens with zero attached hydrogens (tertiary/aromatic N) is 3. The van der Waals surface area contributed by atoms with E-state index in [0.29, 0.717) is 5.69 Å². The average molecular weight is 314 g/mol. The summed E-state index contributed by atoms with van der Waals surface area (Å²) >= 11 is 0. The number of aromatic nitrogens is 3. The number of nitrogens with one attached hydrogen (secondary N) is 1. The van der Waals surface area contributed by atoms with E-state index >= 15 is 0 Å². The van der Waals surface area contributed by atoms with Crippen LogP contribution in [0, 0.1) is 19.8 Å². The molecular formula is C17H22N4O2. The quantitative estimate of drug-likeness (QED) is 0.912. The molecule has 2 rings (SSSR count). The molecule has 23 heavy (non-hydrogen) atoms. The Labute approximate surface area is 135 Å². The monoisotopic (exact) mass is 314 g/mol. The highest BCUT2D eigenvalue weighted by atomic mass is 16.2. The van der Waals surface area contributed by atoms with Gasteiger partial charge in [-0.2, -0.15) is 4.98 Å². The zero-order chi connectivity index (χ0) is 17.0. The van der Waals surface area contributed by atoms with Crippen LogP contribution in [-0.4, -0.2) is 20.4 Å². The first-order valence-corrected chi connectivity index (χ1v) is 7.63. The van der Waals surface area contributed by atoms with Crippen LogP contribution < -0.4 is 11.0 Å². The van der Waals surface area contributed by atoms with E-state index in [1.165, 1.54) is 4.57 Å². The summed E-state index contributed by atoms with van der Waals surface area (Å²) in [6.45, 7) is 7.58. The van der Waals surface area contributed by atoms with Crippen molar-refractivity contribution >= 4 is 5.91 Å². The standard InChI is InChI=1S/C17H22N4O2/c1-11(2)16(14-6-5-7-18-9-14)20-15(22)10-21-13(4)8-12(3)19-17(21)23/h5-9,11,16H,10H2,1-4H3,(H,20,22). The van der Waals surface area contributed by atoms with Gasteiger partial charge in [-0.05, 0) is 37.5 Å². The van der Waals surface area contributed by atoms with Crippen LogP contribution in [0.2, 0.25) is 0 Å². The van der Waals surface area contributed by atoms with Crippen molar-refractivity contribution in [3.05, 3.63) is 58.0 Å². The molecule has 1 amide bonds. The molecular weight excluding hydrogens is 292 g/mol. The molecule has 0 aliphatic heterocycles. The van der Waals surface area contributed by atoms with E-state index < -0.39 is 5.69 Å². The second-order valence-corrected chi connectivity index (χ2v) is 5.98. The van der Waals surface area contributed by atoms with Crippen molar-refractivity contribution in [1.29, 1.82) is 0 Å². The molecule has 2 aromatic heterocycles. The minimum atomic E-state index is -0.403. The average Bonchev–Trinajstić information content (AvgIpc) is 2.49. The Morgan fingerprint density at radius 1 is 1.35 bits per heavy atom. The summed E-state index contributed by atoms with van der Waals surface area (Å²) < 4.78 is 1.38. The van der Waals surface area contributed by atoms with E-state index in [2.05, 4.69) is 15.3 Å². The van der Waals surface area contributed by atoms with Crippen LogP contribution in [0.4, 0.5) is 0 Å². The van der Waals surface area contributed by atoms with Gasteiger partial charge in [0.2, 0.25) is 5.91 Å². The Balaban J connectivity index is 2.16. The van der Waals surface area contributed by atoms with Crippen molar-refractivity contribution in [2.24, 2.45) is 5.92 Å². The highest BCUT2D eigenvalue weighted by Gasteiger charge is 2.19. The predicted octanol–water partition coefficient (Wildman–Crippen LogP) is 1.77. The minimum absolute atomic E-state index is 0.0402. The summed E-state index contributed by atoms with van der Waals surface area (Å²) in [5, 5.41) is 2.98. The van der Waals surface area contributed by atoms with Gasteiger partial charge in [-0.1, -0.05) is 19.9 Å². The number of amides is 1. The lowest BCUT2D eigenvalue weighted by Crippen LogP contribution is -2.38. The van der Waals surface area contributed by atoms with Crippen LogP contribution >= 0.6 is 0 Å². The van der Waals surface area contributed by atoms with Gasteiger partial charge in [-0.25, -0.2) is 4.79 Å². The smallest absolute Gasteiger partial charge is 0.347 e. The van der Waals surface area contributed by atoms with Crippen molar-refractivity contribution in [2.75, 3.05) is 0 Å². The summed E-state index contributed by atoms with van der Waals surface area (Å²) in [6, 6.07) is 5.42. The minimum Gasteiger partial charge on any atom is -0.347 e. The first-order chi connectivity index (χ1) is 10.9. The fourth-order valence-corrected chi connectivity index (χ4v) is 2.52. The topological polar surface area (TPSA) is 76.9 Å². The molecule has 0 bridgehead atoms. The van der Waals surface area contributed by atoms with Gasteiger partial charge in [0.25, 0.3) is 0 Å². The Morgan fingerprint density at radius 2 is 2.09 bits per heavy atom. The zero-order valence-corrected chi connectivity index (χ0v) is 13.9. The fourth-order valence-electron chi connectivity index (χ4n) is 2.52. The molecule has 0 aliphatic carbocycles. The molecule has 2 aromatic rings. The second kappa shape index (κ2) is 7.17. The van der Waals surface area contributed by atoms with E-state index in [-0.39, 0.29) is 24.4 Å². The third-order valence-electron chi connectivity index (χ3n) is 3.67. The summed E-state index contributed by atoms with van der Waals surface area (Å²) in [6.07, 6.45) is 3.44. The summed E-state index contributed by atoms with van der Waals surface area (Å²) in [7, 11) is 0. The molecule has 1 unspecified atom stereocenters. The van der Waals surface area contributed by atoms with E-state index in [1.807, 2.05) is 26.0 Å². The maximum absolute atomic E-state index is 12.4. The van der Waals surface area contributed by atoms with E-state index in [1.54, 1.807) is 32.3 Å². The highest BCUT2D eigenvalue weighted by molar-refractivity contribution is 5.76. The molecule has 0 spiro atoms. The van der Waals surface area contributed by atoms with Gasteiger partial charge in [-0.15, -0.1) is 0 Å². The Hall–Kier alpha value is -2.50. The Bertz CT molecular complexity index is 738. The van der Waals surface area contributed by atoms with Crippen LogP contribution in [0.3, 0.4) is 0 Å². The van der Waals surface area contributed by atoms with Gasteiger partial charge in [0.15, 0.2) is 0 Å². The number of hydrogen-bond donors (Lipinski definition) is 1. The first-order valence-electron chi connectivity index (χ1n) is 7.63. The van der Waals surface area contributed by atoms with Gasteiger partial charge in [0.05, 0.1) is 6.04 Å². The van der Waals surface area contributed by atoms with Gasteiger partial charge in [0, 0.05) is 23.8 Å². The summed E-state index contributed by atoms with van der Waals surface area (Å²) in [4.78, 5) is 32.3. The molecule has 0 saturated carbocycles. The van der Waals surface area contributed by atoms with Crippen LogP contribution in [0.5, 0.6) is 0 Å². The van der Waals surface area contributed by atoms with Crippen LogP contribution in [0.1, 0.15) is 36.8 Å². The van der Waals surface area contributed by atoms with Gasteiger partial charge in [0.1, 0.15) is 6.54 Å². The predicted molar refractivity (Wildman–Crippen MR) is 87.9 cm³/mol. The molecule has 0 aromatic carbocycles. The lowest BCUT2D eigenvalue weighted by Gasteiger charge is -2.23. The molecule has 0 saturated heterocycles. The number of rotatable bonds is 5. The summed E-state index contributed by atoms with van der Waals surface area (Å²) in [5.41, 5.74) is 1.92. The maximum atomic E-state index is 12.4. The molecule has 1 N–H and O–H groups in total. The van der Waals surface area contributed by atoms with Crippen molar-refractivity contribution in [2.45, 2.75) is 40.3 Å². The molecule has 6 nitrogen and oxygen atoms in total. The van der Waals surface area contributed by atoms with Gasteiger partial charge >= 0.3 is 5.69 Å². The number of carbonyl (C=O) groups excluding carboxylic acids is 1. The number of carbonyl (C=O) groups is 1. The van der Waals surface area contributed by atoms with Gasteiger partial charge in [-0.3, -0.25) is 14.3 Å². The SMILES string of the molecule is Cc1cc(C)n(CC(=O)NC(c2cccnc2)C(C)C)c(=O)n1. The van der Waals surface area contributed by atoms with Crippen molar-refractivity contribution in [1.82, 2.24) is 19.9 Å². The molecule has 0 fully saturated rings. The number of aryl methyl sites for hydroxylation is 2. The molecule has 0 aliphatic rings. The molecule has 2 heterocycles. The third-order valence-corrected chi connectivity index (χ3v) is 3.67. The van der Waals surface area contributed by atoms with Crippen molar-refractivity contribution in [3.63, 3.8) is 0 Å². The van der Waals surface area contributed by atoms with Crippen LogP contribution in [-0.2, 0) is 11.3 Å². The largest absolute Gasteiger partial charge is 0.348 e. The molecule has 0 radical (unpaired) electrons. The van der Waals surface area contributed by atoms with E-state index in [0.717, 1.165) is 11.3 Å². The first kappa shape index (κ1) is 16.9. The van der Waals surface area contributed by atoms with Crippen molar-refractivity contribution in [3.8, 4) is 0 Å². The van der Waals surface area contributed by atoms with Gasteiger partial charge < -0.3 is 5.32 Å². The van der Waals surface area contributed by atoms with E-state index in [4.69, 9.17) is 0 Å². The third kappa shape index (κ3) is 4.25. The molecule has 1 atom stereocenters. The fraction of sp³-hybridized carbons (Fsp3) is 0.412. The number of pyridine rings is 1. The van der Waals surface area contributed by atoms with Crippen molar-refractivity contribution < 1.29 is 4.79 Å². The molecule has 6 heteroatoms. The lowest BCUT2D eigenvalue weighted by atomic mass is 9.97. The zero-order valence-electron chi connectivity index (χ0n) is 13.9. The van der Waals surface area contributed by atoms with E-state index in [9.17, 15) is 9.59 Å². The number of hydrogen-bond acceptors (Lipinski definition) is 4. The van der Waals surface area contributed by atoms with Crippen LogP contribution in [0.15, 0.2) is 35.4 Å². The molecule has 122 valence electrons.